The molecule has 2 amide bonds. The highest BCUT2D eigenvalue weighted by molar-refractivity contribution is 7.10. The maximum atomic E-state index is 12.5. The third-order valence-electron chi connectivity index (χ3n) is 4.01. The first-order chi connectivity index (χ1) is 8.74. The lowest BCUT2D eigenvalue weighted by Crippen LogP contribution is -2.48. The molecule has 4 heteroatoms. The second-order valence-corrected chi connectivity index (χ2v) is 6.52. The van der Waals surface area contributed by atoms with Crippen LogP contribution >= 0.6 is 11.3 Å². The third kappa shape index (κ3) is 2.26. The van der Waals surface area contributed by atoms with Crippen LogP contribution in [0.2, 0.25) is 0 Å². The van der Waals surface area contributed by atoms with Crippen LogP contribution in [0.1, 0.15) is 30.2 Å². The van der Waals surface area contributed by atoms with E-state index in [0.29, 0.717) is 5.92 Å². The van der Waals surface area contributed by atoms with Crippen molar-refractivity contribution >= 4 is 17.4 Å². The molecule has 0 bridgehead atoms. The predicted octanol–water partition coefficient (Wildman–Crippen LogP) is 2.96. The van der Waals surface area contributed by atoms with Crippen molar-refractivity contribution in [2.75, 3.05) is 19.6 Å². The number of carbonyl (C=O) groups excluding carboxylic acids is 1. The molecule has 1 atom stereocenters. The zero-order valence-electron chi connectivity index (χ0n) is 10.9. The molecule has 2 aliphatic rings. The molecule has 98 valence electrons. The van der Waals surface area contributed by atoms with Crippen LogP contribution in [-0.4, -0.2) is 35.5 Å². The van der Waals surface area contributed by atoms with Crippen LogP contribution in [0.15, 0.2) is 11.4 Å². The summed E-state index contributed by atoms with van der Waals surface area (Å²) in [6.07, 6.45) is 3.45. The standard InChI is InChI=1S/C14H20N2OS/c1-11-3-2-6-15(9-11)14(17)16-7-4-13-12(10-16)5-8-18-13/h5,8,11H,2-4,6-7,9-10H2,1H3. The van der Waals surface area contributed by atoms with E-state index in [2.05, 4.69) is 18.4 Å². The van der Waals surface area contributed by atoms with Gasteiger partial charge in [0.25, 0.3) is 0 Å². The van der Waals surface area contributed by atoms with Crippen molar-refractivity contribution < 1.29 is 4.79 Å². The molecule has 0 aromatic carbocycles. The highest BCUT2D eigenvalue weighted by Gasteiger charge is 2.27. The van der Waals surface area contributed by atoms with E-state index in [1.54, 1.807) is 0 Å². The molecule has 1 aromatic rings. The summed E-state index contributed by atoms with van der Waals surface area (Å²) in [5, 5.41) is 2.14. The Morgan fingerprint density at radius 3 is 3.11 bits per heavy atom. The van der Waals surface area contributed by atoms with E-state index in [0.717, 1.165) is 39.0 Å². The van der Waals surface area contributed by atoms with Gasteiger partial charge in [0.2, 0.25) is 0 Å². The highest BCUT2D eigenvalue weighted by Crippen LogP contribution is 2.25. The number of urea groups is 1. The van der Waals surface area contributed by atoms with Gasteiger partial charge in [-0.25, -0.2) is 4.79 Å². The van der Waals surface area contributed by atoms with Gasteiger partial charge in [0.1, 0.15) is 0 Å². The summed E-state index contributed by atoms with van der Waals surface area (Å²) < 4.78 is 0. The summed E-state index contributed by atoms with van der Waals surface area (Å²) in [4.78, 5) is 18.0. The normalized spacial score (nSPS) is 23.9. The molecule has 3 rings (SSSR count). The zero-order valence-corrected chi connectivity index (χ0v) is 11.7. The summed E-state index contributed by atoms with van der Waals surface area (Å²) in [6.45, 7) is 5.81. The quantitative estimate of drug-likeness (QED) is 0.706. The second-order valence-electron chi connectivity index (χ2n) is 5.52. The number of hydrogen-bond donors (Lipinski definition) is 0. The molecule has 0 aliphatic carbocycles. The van der Waals surface area contributed by atoms with Crippen LogP contribution in [0, 0.1) is 5.92 Å². The average molecular weight is 264 g/mol. The lowest BCUT2D eigenvalue weighted by Gasteiger charge is -2.36. The second kappa shape index (κ2) is 4.92. The summed E-state index contributed by atoms with van der Waals surface area (Å²) in [5.41, 5.74) is 1.35. The van der Waals surface area contributed by atoms with E-state index in [-0.39, 0.29) is 6.03 Å². The first-order valence-electron chi connectivity index (χ1n) is 6.83. The van der Waals surface area contributed by atoms with Gasteiger partial charge in [-0.15, -0.1) is 11.3 Å². The summed E-state index contributed by atoms with van der Waals surface area (Å²) in [5.74, 6) is 0.657. The smallest absolute Gasteiger partial charge is 0.320 e. The molecule has 0 radical (unpaired) electrons. The molecule has 1 unspecified atom stereocenters. The van der Waals surface area contributed by atoms with Gasteiger partial charge in [-0.3, -0.25) is 0 Å². The fourth-order valence-corrected chi connectivity index (χ4v) is 3.86. The Hall–Kier alpha value is -1.03. The molecular formula is C14H20N2OS. The SMILES string of the molecule is CC1CCCN(C(=O)N2CCc3sccc3C2)C1. The Bertz CT molecular complexity index is 443. The van der Waals surface area contributed by atoms with Crippen molar-refractivity contribution in [2.45, 2.75) is 32.7 Å². The molecule has 0 spiro atoms. The number of nitrogens with zero attached hydrogens (tertiary/aromatic N) is 2. The topological polar surface area (TPSA) is 23.6 Å². The number of piperidine rings is 1. The summed E-state index contributed by atoms with van der Waals surface area (Å²) in [7, 11) is 0. The Morgan fingerprint density at radius 2 is 2.28 bits per heavy atom. The van der Waals surface area contributed by atoms with Crippen LogP contribution in [-0.2, 0) is 13.0 Å². The Balaban J connectivity index is 1.67. The van der Waals surface area contributed by atoms with Crippen LogP contribution in [0.3, 0.4) is 0 Å². The monoisotopic (exact) mass is 264 g/mol. The van der Waals surface area contributed by atoms with Crippen molar-refractivity contribution in [1.82, 2.24) is 9.80 Å². The molecule has 3 nitrogen and oxygen atoms in total. The van der Waals surface area contributed by atoms with Gasteiger partial charge in [-0.2, -0.15) is 0 Å². The Labute approximate surface area is 112 Å². The fourth-order valence-electron chi connectivity index (χ4n) is 2.97. The van der Waals surface area contributed by atoms with Crippen LogP contribution in [0.5, 0.6) is 0 Å². The number of hydrogen-bond acceptors (Lipinski definition) is 2. The lowest BCUT2D eigenvalue weighted by atomic mass is 10.0. The van der Waals surface area contributed by atoms with Crippen LogP contribution in [0.4, 0.5) is 4.79 Å². The third-order valence-corrected chi connectivity index (χ3v) is 5.03. The van der Waals surface area contributed by atoms with Gasteiger partial charge in [0.05, 0.1) is 0 Å². The van der Waals surface area contributed by atoms with E-state index in [1.165, 1.54) is 16.9 Å². The molecule has 0 saturated carbocycles. The maximum absolute atomic E-state index is 12.5. The first kappa shape index (κ1) is 12.0. The number of amides is 2. The highest BCUT2D eigenvalue weighted by atomic mass is 32.1. The Morgan fingerprint density at radius 1 is 1.39 bits per heavy atom. The molecule has 1 fully saturated rings. The van der Waals surface area contributed by atoms with E-state index in [1.807, 2.05) is 21.1 Å². The van der Waals surface area contributed by atoms with E-state index >= 15 is 0 Å². The van der Waals surface area contributed by atoms with Gasteiger partial charge >= 0.3 is 6.03 Å². The van der Waals surface area contributed by atoms with Crippen molar-refractivity contribution in [3.05, 3.63) is 21.9 Å². The molecule has 2 aliphatic heterocycles. The minimum Gasteiger partial charge on any atom is -0.324 e. The van der Waals surface area contributed by atoms with Gasteiger partial charge in [0, 0.05) is 31.1 Å². The van der Waals surface area contributed by atoms with Gasteiger partial charge < -0.3 is 9.80 Å². The molecule has 18 heavy (non-hydrogen) atoms. The number of carbonyl (C=O) groups is 1. The zero-order chi connectivity index (χ0) is 12.5. The van der Waals surface area contributed by atoms with E-state index < -0.39 is 0 Å². The van der Waals surface area contributed by atoms with Crippen molar-refractivity contribution in [1.29, 1.82) is 0 Å². The molecule has 1 saturated heterocycles. The largest absolute Gasteiger partial charge is 0.324 e. The summed E-state index contributed by atoms with van der Waals surface area (Å²) in [6, 6.07) is 2.41. The van der Waals surface area contributed by atoms with E-state index in [9.17, 15) is 4.79 Å². The number of rotatable bonds is 0. The number of thiophene rings is 1. The maximum Gasteiger partial charge on any atom is 0.320 e. The molecule has 0 N–H and O–H groups in total. The van der Waals surface area contributed by atoms with Gasteiger partial charge in [-0.05, 0) is 42.2 Å². The number of fused-ring (bicyclic) bond motifs is 1. The minimum absolute atomic E-state index is 0.249. The number of likely N-dealkylation sites (tertiary alicyclic amines) is 1. The van der Waals surface area contributed by atoms with Crippen molar-refractivity contribution in [3.8, 4) is 0 Å². The fraction of sp³-hybridized carbons (Fsp3) is 0.643. The van der Waals surface area contributed by atoms with Gasteiger partial charge in [0.15, 0.2) is 0 Å². The Kier molecular flexibility index (Phi) is 3.29. The van der Waals surface area contributed by atoms with Gasteiger partial charge in [-0.1, -0.05) is 6.92 Å². The molecular weight excluding hydrogens is 244 g/mol. The van der Waals surface area contributed by atoms with Crippen molar-refractivity contribution in [2.24, 2.45) is 5.92 Å². The predicted molar refractivity (Wildman–Crippen MR) is 73.8 cm³/mol. The van der Waals surface area contributed by atoms with Crippen LogP contribution < -0.4 is 0 Å². The summed E-state index contributed by atoms with van der Waals surface area (Å²) >= 11 is 1.82. The molecule has 3 heterocycles. The van der Waals surface area contributed by atoms with E-state index in [4.69, 9.17) is 0 Å². The average Bonchev–Trinajstić information content (AvgIpc) is 2.85. The molecule has 1 aromatic heterocycles. The van der Waals surface area contributed by atoms with Crippen LogP contribution in [0.25, 0.3) is 0 Å². The van der Waals surface area contributed by atoms with Crippen molar-refractivity contribution in [3.63, 3.8) is 0 Å². The minimum atomic E-state index is 0.249. The lowest BCUT2D eigenvalue weighted by molar-refractivity contribution is 0.127. The first-order valence-corrected chi connectivity index (χ1v) is 7.71.